The van der Waals surface area contributed by atoms with Crippen LogP contribution in [0.15, 0.2) is 18.3 Å². The molecular weight excluding hydrogens is 274 g/mol. The van der Waals surface area contributed by atoms with Crippen LogP contribution in [0.4, 0.5) is 10.5 Å². The number of aromatic nitrogens is 1. The summed E-state index contributed by atoms with van der Waals surface area (Å²) in [5, 5.41) is 3.37. The number of carbonyl (C=O) groups is 1. The first-order chi connectivity index (χ1) is 9.65. The largest absolute Gasteiger partial charge is 0.322 e. The normalized spacial score (nSPS) is 29.1. The molecule has 1 saturated carbocycles. The zero-order valence-corrected chi connectivity index (χ0v) is 12.4. The van der Waals surface area contributed by atoms with Crippen molar-refractivity contribution in [3.05, 3.63) is 23.5 Å². The molecule has 3 unspecified atom stereocenters. The number of likely N-dealkylation sites (tertiary alicyclic amines) is 1. The zero-order chi connectivity index (χ0) is 14.1. The van der Waals surface area contributed by atoms with Crippen molar-refractivity contribution >= 4 is 23.3 Å². The lowest BCUT2D eigenvalue weighted by Crippen LogP contribution is -2.41. The van der Waals surface area contributed by atoms with E-state index in [1.165, 1.54) is 19.3 Å². The van der Waals surface area contributed by atoms with Gasteiger partial charge in [0.05, 0.1) is 11.9 Å². The minimum absolute atomic E-state index is 0.00428. The summed E-state index contributed by atoms with van der Waals surface area (Å²) < 4.78 is 0. The van der Waals surface area contributed by atoms with Crippen LogP contribution in [0.2, 0.25) is 5.15 Å². The molecule has 0 aromatic carbocycles. The number of rotatable bonds is 1. The molecule has 20 heavy (non-hydrogen) atoms. The van der Waals surface area contributed by atoms with E-state index in [0.717, 1.165) is 13.0 Å². The van der Waals surface area contributed by atoms with Gasteiger partial charge >= 0.3 is 6.03 Å². The van der Waals surface area contributed by atoms with Gasteiger partial charge in [0.1, 0.15) is 5.15 Å². The Bertz CT molecular complexity index is 490. The Morgan fingerprint density at radius 3 is 2.95 bits per heavy atom. The van der Waals surface area contributed by atoms with Gasteiger partial charge in [0, 0.05) is 12.6 Å². The van der Waals surface area contributed by atoms with Crippen molar-refractivity contribution in [3.8, 4) is 0 Å². The number of amides is 2. The zero-order valence-electron chi connectivity index (χ0n) is 11.7. The minimum Gasteiger partial charge on any atom is -0.321 e. The van der Waals surface area contributed by atoms with Gasteiger partial charge in [-0.3, -0.25) is 0 Å². The predicted octanol–water partition coefficient (Wildman–Crippen LogP) is 3.78. The Hall–Kier alpha value is -1.29. The minimum atomic E-state index is -0.00428. The molecule has 1 aromatic heterocycles. The molecule has 2 heterocycles. The first-order valence-electron chi connectivity index (χ1n) is 7.34. The van der Waals surface area contributed by atoms with Gasteiger partial charge in [-0.05, 0) is 36.8 Å². The second kappa shape index (κ2) is 5.60. The summed E-state index contributed by atoms with van der Waals surface area (Å²) in [6, 6.07) is 3.88. The van der Waals surface area contributed by atoms with Crippen molar-refractivity contribution in [1.82, 2.24) is 9.88 Å². The second-order valence-corrected chi connectivity index (χ2v) is 6.33. The Labute approximate surface area is 124 Å². The van der Waals surface area contributed by atoms with Gasteiger partial charge in [0.2, 0.25) is 0 Å². The van der Waals surface area contributed by atoms with Crippen molar-refractivity contribution in [2.45, 2.75) is 38.6 Å². The summed E-state index contributed by atoms with van der Waals surface area (Å²) in [6.07, 6.45) is 6.54. The monoisotopic (exact) mass is 293 g/mol. The number of halogens is 1. The Morgan fingerprint density at radius 2 is 2.20 bits per heavy atom. The van der Waals surface area contributed by atoms with E-state index in [1.807, 2.05) is 4.90 Å². The van der Waals surface area contributed by atoms with Crippen LogP contribution in [0.5, 0.6) is 0 Å². The Balaban J connectivity index is 1.69. The molecule has 1 N–H and O–H groups in total. The van der Waals surface area contributed by atoms with Gasteiger partial charge in [0.15, 0.2) is 0 Å². The molecule has 0 radical (unpaired) electrons. The molecule has 1 aliphatic heterocycles. The van der Waals surface area contributed by atoms with E-state index in [-0.39, 0.29) is 6.03 Å². The molecule has 108 valence electrons. The molecule has 2 fully saturated rings. The molecule has 4 nitrogen and oxygen atoms in total. The number of hydrogen-bond donors (Lipinski definition) is 1. The highest BCUT2D eigenvalue weighted by atomic mass is 35.5. The summed E-state index contributed by atoms with van der Waals surface area (Å²) in [7, 11) is 0. The molecule has 1 saturated heterocycles. The third-order valence-electron chi connectivity index (χ3n) is 4.64. The number of fused-ring (bicyclic) bond motifs is 1. The maximum Gasteiger partial charge on any atom is 0.322 e. The van der Waals surface area contributed by atoms with Gasteiger partial charge in [-0.25, -0.2) is 9.78 Å². The van der Waals surface area contributed by atoms with E-state index in [9.17, 15) is 4.79 Å². The molecule has 1 aromatic rings. The smallest absolute Gasteiger partial charge is 0.321 e. The van der Waals surface area contributed by atoms with Gasteiger partial charge in [-0.2, -0.15) is 0 Å². The maximum atomic E-state index is 12.5. The van der Waals surface area contributed by atoms with Crippen LogP contribution in [0.25, 0.3) is 0 Å². The lowest BCUT2D eigenvalue weighted by atomic mass is 9.80. The Kier molecular flexibility index (Phi) is 3.83. The second-order valence-electron chi connectivity index (χ2n) is 5.95. The number of anilines is 1. The number of urea groups is 1. The molecule has 5 heteroatoms. The van der Waals surface area contributed by atoms with Crippen molar-refractivity contribution in [1.29, 1.82) is 0 Å². The summed E-state index contributed by atoms with van der Waals surface area (Å²) in [5.41, 5.74) is 0.700. The molecule has 3 rings (SSSR count). The van der Waals surface area contributed by atoms with Crippen molar-refractivity contribution < 1.29 is 4.79 Å². The van der Waals surface area contributed by atoms with Gasteiger partial charge in [-0.15, -0.1) is 0 Å². The van der Waals surface area contributed by atoms with Crippen molar-refractivity contribution in [2.24, 2.45) is 11.8 Å². The molecular formula is C15H20ClN3O. The van der Waals surface area contributed by atoms with E-state index in [4.69, 9.17) is 11.6 Å². The first-order valence-corrected chi connectivity index (χ1v) is 7.72. The number of carbonyl (C=O) groups excluding carboxylic acids is 1. The summed E-state index contributed by atoms with van der Waals surface area (Å²) >= 11 is 5.75. The summed E-state index contributed by atoms with van der Waals surface area (Å²) in [6.45, 7) is 3.13. The van der Waals surface area contributed by atoms with Crippen LogP contribution in [-0.4, -0.2) is 28.5 Å². The van der Waals surface area contributed by atoms with Gasteiger partial charge in [-0.1, -0.05) is 31.4 Å². The van der Waals surface area contributed by atoms with E-state index in [1.54, 1.807) is 18.3 Å². The third-order valence-corrected chi connectivity index (χ3v) is 4.86. The molecule has 2 amide bonds. The quantitative estimate of drug-likeness (QED) is 0.801. The highest BCUT2D eigenvalue weighted by Crippen LogP contribution is 2.39. The fraction of sp³-hybridized carbons (Fsp3) is 0.600. The fourth-order valence-corrected chi connectivity index (χ4v) is 3.76. The highest BCUT2D eigenvalue weighted by Gasteiger charge is 2.42. The number of nitrogens with one attached hydrogen (secondary N) is 1. The SMILES string of the molecule is CC1CN(C(=O)Nc2ccc(Cl)nc2)C2CCCCC12. The topological polar surface area (TPSA) is 45.2 Å². The highest BCUT2D eigenvalue weighted by molar-refractivity contribution is 6.29. The molecule has 2 aliphatic rings. The van der Waals surface area contributed by atoms with E-state index in [2.05, 4.69) is 17.2 Å². The van der Waals surface area contributed by atoms with E-state index in [0.29, 0.717) is 28.7 Å². The van der Waals surface area contributed by atoms with Crippen LogP contribution in [0, 0.1) is 11.8 Å². The first kappa shape index (κ1) is 13.7. The molecule has 0 spiro atoms. The van der Waals surface area contributed by atoms with Crippen molar-refractivity contribution in [2.75, 3.05) is 11.9 Å². The third kappa shape index (κ3) is 2.62. The van der Waals surface area contributed by atoms with Crippen LogP contribution < -0.4 is 5.32 Å². The van der Waals surface area contributed by atoms with Crippen LogP contribution >= 0.6 is 11.6 Å². The molecule has 3 atom stereocenters. The number of hydrogen-bond acceptors (Lipinski definition) is 2. The number of pyridine rings is 1. The van der Waals surface area contributed by atoms with Crippen LogP contribution in [-0.2, 0) is 0 Å². The Morgan fingerprint density at radius 1 is 1.40 bits per heavy atom. The predicted molar refractivity (Wildman–Crippen MR) is 79.9 cm³/mol. The average Bonchev–Trinajstić information content (AvgIpc) is 2.79. The fourth-order valence-electron chi connectivity index (χ4n) is 3.65. The number of nitrogens with zero attached hydrogens (tertiary/aromatic N) is 2. The summed E-state index contributed by atoms with van der Waals surface area (Å²) in [5.74, 6) is 1.28. The lowest BCUT2D eigenvalue weighted by molar-refractivity contribution is 0.180. The van der Waals surface area contributed by atoms with Crippen molar-refractivity contribution in [3.63, 3.8) is 0 Å². The molecule has 0 bridgehead atoms. The average molecular weight is 294 g/mol. The van der Waals surface area contributed by atoms with Crippen LogP contribution in [0.1, 0.15) is 32.6 Å². The molecule has 1 aliphatic carbocycles. The van der Waals surface area contributed by atoms with Crippen LogP contribution in [0.3, 0.4) is 0 Å². The maximum absolute atomic E-state index is 12.5. The van der Waals surface area contributed by atoms with E-state index >= 15 is 0 Å². The van der Waals surface area contributed by atoms with Gasteiger partial charge < -0.3 is 10.2 Å². The summed E-state index contributed by atoms with van der Waals surface area (Å²) in [4.78, 5) is 18.5. The lowest BCUT2D eigenvalue weighted by Gasteiger charge is -2.32. The standard InChI is InChI=1S/C15H20ClN3O/c1-10-9-19(13-5-3-2-4-12(10)13)15(20)18-11-6-7-14(16)17-8-11/h6-8,10,12-13H,2-5,9H2,1H3,(H,18,20). The van der Waals surface area contributed by atoms with Gasteiger partial charge in [0.25, 0.3) is 0 Å². The van der Waals surface area contributed by atoms with E-state index < -0.39 is 0 Å².